The van der Waals surface area contributed by atoms with Gasteiger partial charge in [-0.15, -0.1) is 21.5 Å². The van der Waals surface area contributed by atoms with Crippen LogP contribution in [0.4, 0.5) is 0 Å². The summed E-state index contributed by atoms with van der Waals surface area (Å²) < 4.78 is 7.12. The van der Waals surface area contributed by atoms with Crippen LogP contribution in [0.3, 0.4) is 0 Å². The number of carboxylic acids is 1. The molecule has 1 aliphatic rings. The Labute approximate surface area is 224 Å². The fraction of sp³-hybridized carbons (Fsp3) is 0.276. The largest absolute Gasteiger partial charge is 0.497 e. The molecule has 194 valence electrons. The van der Waals surface area contributed by atoms with Crippen molar-refractivity contribution in [1.29, 1.82) is 0 Å². The zero-order valence-electron chi connectivity index (χ0n) is 21.8. The summed E-state index contributed by atoms with van der Waals surface area (Å²) in [7, 11) is 1.59. The summed E-state index contributed by atoms with van der Waals surface area (Å²) in [4.78, 5) is 31.1. The summed E-state index contributed by atoms with van der Waals surface area (Å²) in [6.07, 6.45) is 0.264. The molecule has 2 atom stereocenters. The maximum atomic E-state index is 12.8. The molecule has 0 saturated heterocycles. The number of hydrogen-bond acceptors (Lipinski definition) is 7. The van der Waals surface area contributed by atoms with Crippen molar-refractivity contribution in [2.24, 2.45) is 10.9 Å². The number of fused-ring (bicyclic) bond motifs is 3. The van der Waals surface area contributed by atoms with Crippen LogP contribution in [0.1, 0.15) is 62.1 Å². The van der Waals surface area contributed by atoms with Crippen molar-refractivity contribution in [2.75, 3.05) is 7.11 Å². The number of hydrogen-bond donors (Lipinski definition) is 1. The number of benzene rings is 2. The van der Waals surface area contributed by atoms with E-state index in [-0.39, 0.29) is 12.2 Å². The number of ether oxygens (including phenoxy) is 1. The fourth-order valence-electron chi connectivity index (χ4n) is 4.66. The first-order chi connectivity index (χ1) is 18.2. The number of aromatic nitrogens is 3. The number of Topliss-reactive ketones (excluding diaryl/α,β-unsaturated/α-hetero) is 1. The van der Waals surface area contributed by atoms with E-state index in [1.54, 1.807) is 49.6 Å². The van der Waals surface area contributed by atoms with Crippen molar-refractivity contribution in [1.82, 2.24) is 14.8 Å². The van der Waals surface area contributed by atoms with Gasteiger partial charge in [-0.1, -0.05) is 24.3 Å². The van der Waals surface area contributed by atoms with Gasteiger partial charge in [0.05, 0.1) is 18.7 Å². The average molecular weight is 529 g/mol. The van der Waals surface area contributed by atoms with Crippen molar-refractivity contribution in [3.8, 4) is 10.8 Å². The number of methoxy groups -OCH3 is 1. The van der Waals surface area contributed by atoms with E-state index < -0.39 is 17.9 Å². The zero-order chi connectivity index (χ0) is 27.1. The lowest BCUT2D eigenvalue weighted by atomic mass is 9.96. The Morgan fingerprint density at radius 1 is 1.05 bits per heavy atom. The van der Waals surface area contributed by atoms with Gasteiger partial charge in [-0.25, -0.2) is 0 Å². The van der Waals surface area contributed by atoms with Crippen LogP contribution >= 0.6 is 11.3 Å². The molecule has 0 radical (unpaired) electrons. The molecule has 4 aromatic rings. The highest BCUT2D eigenvalue weighted by molar-refractivity contribution is 7.15. The molecule has 5 rings (SSSR count). The van der Waals surface area contributed by atoms with Crippen LogP contribution < -0.4 is 4.74 Å². The minimum Gasteiger partial charge on any atom is -0.497 e. The third kappa shape index (κ3) is 4.43. The van der Waals surface area contributed by atoms with Crippen LogP contribution in [-0.2, 0) is 11.2 Å². The third-order valence-corrected chi connectivity index (χ3v) is 8.25. The first-order valence-electron chi connectivity index (χ1n) is 12.3. The van der Waals surface area contributed by atoms with Gasteiger partial charge in [0.25, 0.3) is 0 Å². The number of carbonyl (C=O) groups is 2. The molecule has 9 heteroatoms. The number of thiophene rings is 1. The zero-order valence-corrected chi connectivity index (χ0v) is 22.7. The Morgan fingerprint density at radius 2 is 1.74 bits per heavy atom. The van der Waals surface area contributed by atoms with E-state index in [1.807, 2.05) is 35.8 Å². The number of nitrogens with zero attached hydrogens (tertiary/aromatic N) is 4. The molecule has 1 N–H and O–H groups in total. The topological polar surface area (TPSA) is 107 Å². The van der Waals surface area contributed by atoms with Gasteiger partial charge in [0.15, 0.2) is 11.6 Å². The average Bonchev–Trinajstić information content (AvgIpc) is 3.38. The predicted octanol–water partition coefficient (Wildman–Crippen LogP) is 5.30. The Balaban J connectivity index is 1.55. The van der Waals surface area contributed by atoms with Crippen molar-refractivity contribution in [3.05, 3.63) is 92.9 Å². The predicted molar refractivity (Wildman–Crippen MR) is 146 cm³/mol. The Hall–Kier alpha value is -4.11. The van der Waals surface area contributed by atoms with Crippen LogP contribution in [0.15, 0.2) is 53.5 Å². The van der Waals surface area contributed by atoms with Crippen molar-refractivity contribution >= 4 is 28.8 Å². The second kappa shape index (κ2) is 9.98. The van der Waals surface area contributed by atoms with E-state index in [9.17, 15) is 14.7 Å². The second-order valence-corrected chi connectivity index (χ2v) is 10.7. The molecule has 3 heterocycles. The monoisotopic (exact) mass is 528 g/mol. The third-order valence-electron chi connectivity index (χ3n) is 7.06. The fourth-order valence-corrected chi connectivity index (χ4v) is 5.88. The Kier molecular flexibility index (Phi) is 6.71. The van der Waals surface area contributed by atoms with Crippen molar-refractivity contribution < 1.29 is 19.4 Å². The Morgan fingerprint density at radius 3 is 2.37 bits per heavy atom. The van der Waals surface area contributed by atoms with Gasteiger partial charge in [-0.05, 0) is 63.1 Å². The van der Waals surface area contributed by atoms with Crippen LogP contribution in [0.25, 0.3) is 5.00 Å². The van der Waals surface area contributed by atoms with Gasteiger partial charge in [0.2, 0.25) is 0 Å². The number of aliphatic carboxylic acids is 1. The van der Waals surface area contributed by atoms with E-state index in [0.717, 1.165) is 37.8 Å². The molecule has 0 spiro atoms. The number of ketones is 1. The lowest BCUT2D eigenvalue weighted by molar-refractivity contribution is -0.141. The number of aryl methyl sites for hydroxylation is 2. The summed E-state index contributed by atoms with van der Waals surface area (Å²) in [6, 6.07) is 14.1. The van der Waals surface area contributed by atoms with Crippen LogP contribution in [0.5, 0.6) is 5.75 Å². The van der Waals surface area contributed by atoms with Gasteiger partial charge < -0.3 is 9.84 Å². The Bertz CT molecular complexity index is 1570. The van der Waals surface area contributed by atoms with E-state index in [0.29, 0.717) is 23.0 Å². The highest BCUT2D eigenvalue weighted by Crippen LogP contribution is 2.40. The minimum atomic E-state index is -0.948. The first kappa shape index (κ1) is 25.5. The number of rotatable bonds is 7. The molecule has 0 bridgehead atoms. The summed E-state index contributed by atoms with van der Waals surface area (Å²) in [5, 5.41) is 19.4. The van der Waals surface area contributed by atoms with Crippen LogP contribution in [-0.4, -0.2) is 44.4 Å². The lowest BCUT2D eigenvalue weighted by Gasteiger charge is -2.16. The molecule has 8 nitrogen and oxygen atoms in total. The summed E-state index contributed by atoms with van der Waals surface area (Å²) in [5.41, 5.74) is 5.13. The minimum absolute atomic E-state index is 0.0162. The molecule has 0 amide bonds. The highest BCUT2D eigenvalue weighted by Gasteiger charge is 2.36. The number of carboxylic acid groups (broad SMARTS) is 1. The molecule has 2 aromatic heterocycles. The molecule has 0 saturated carbocycles. The maximum absolute atomic E-state index is 12.8. The molecule has 0 fully saturated rings. The van der Waals surface area contributed by atoms with Crippen LogP contribution in [0, 0.1) is 26.7 Å². The first-order valence-corrected chi connectivity index (χ1v) is 13.1. The SMILES string of the molecule is COc1ccc(C(=O)Cc2ccc(C3=N[C@@H](C(C)C(=O)O)c4nnc(C)n4-c4sc(C)c(C)c43)cc2)cc1. The standard InChI is InChI=1S/C29H28N4O4S/c1-15-17(3)38-28-24(15)26(30-25(16(2)29(35)36)27-32-31-18(4)33(27)28)21-8-6-19(7-9-21)14-23(34)20-10-12-22(37-5)13-11-20/h6-13,16,25H,14H2,1-5H3,(H,35,36)/t16?,25-/m0/s1. The van der Waals surface area contributed by atoms with Crippen molar-refractivity contribution in [3.63, 3.8) is 0 Å². The van der Waals surface area contributed by atoms with Gasteiger partial charge in [0.1, 0.15) is 22.6 Å². The molecule has 1 unspecified atom stereocenters. The molecule has 38 heavy (non-hydrogen) atoms. The summed E-state index contributed by atoms with van der Waals surface area (Å²) in [5.74, 6) is 0.185. The summed E-state index contributed by atoms with van der Waals surface area (Å²) in [6.45, 7) is 7.64. The highest BCUT2D eigenvalue weighted by atomic mass is 32.1. The molecular weight excluding hydrogens is 500 g/mol. The molecule has 0 aliphatic carbocycles. The van der Waals surface area contributed by atoms with E-state index in [4.69, 9.17) is 9.73 Å². The molecular formula is C29H28N4O4S. The molecule has 2 aromatic carbocycles. The summed E-state index contributed by atoms with van der Waals surface area (Å²) >= 11 is 1.63. The van der Waals surface area contributed by atoms with Gasteiger partial charge in [-0.3, -0.25) is 19.1 Å². The van der Waals surface area contributed by atoms with Gasteiger partial charge in [0, 0.05) is 28.0 Å². The number of carbonyl (C=O) groups excluding carboxylic acids is 1. The van der Waals surface area contributed by atoms with Gasteiger partial charge >= 0.3 is 5.97 Å². The van der Waals surface area contributed by atoms with Gasteiger partial charge in [-0.2, -0.15) is 0 Å². The maximum Gasteiger partial charge on any atom is 0.308 e. The van der Waals surface area contributed by atoms with Crippen molar-refractivity contribution in [2.45, 2.75) is 40.2 Å². The smallest absolute Gasteiger partial charge is 0.308 e. The van der Waals surface area contributed by atoms with E-state index in [1.165, 1.54) is 0 Å². The van der Waals surface area contributed by atoms with Crippen LogP contribution in [0.2, 0.25) is 0 Å². The second-order valence-electron chi connectivity index (χ2n) is 9.48. The number of aliphatic imine (C=N–C) groups is 1. The molecule has 1 aliphatic heterocycles. The van der Waals surface area contributed by atoms with E-state index >= 15 is 0 Å². The normalized spacial score (nSPS) is 15.2. The lowest BCUT2D eigenvalue weighted by Crippen LogP contribution is -2.21. The quantitative estimate of drug-likeness (QED) is 0.326. The van der Waals surface area contributed by atoms with E-state index in [2.05, 4.69) is 24.0 Å².